The molecule has 3 aromatic rings. The van der Waals surface area contributed by atoms with Gasteiger partial charge in [0.2, 0.25) is 5.88 Å². The lowest BCUT2D eigenvalue weighted by atomic mass is 10.0. The first kappa shape index (κ1) is 15.9. The van der Waals surface area contributed by atoms with Gasteiger partial charge in [-0.05, 0) is 18.2 Å². The van der Waals surface area contributed by atoms with Crippen LogP contribution in [0.3, 0.4) is 0 Å². The molecule has 7 heteroatoms. The molecule has 0 amide bonds. The van der Waals surface area contributed by atoms with Gasteiger partial charge in [-0.3, -0.25) is 4.79 Å². The molecule has 0 atom stereocenters. The number of para-hydroxylation sites is 1. The fourth-order valence-electron chi connectivity index (χ4n) is 2.89. The molecule has 7 nitrogen and oxygen atoms in total. The van der Waals surface area contributed by atoms with Crippen LogP contribution >= 0.6 is 0 Å². The molecule has 0 radical (unpaired) electrons. The minimum absolute atomic E-state index is 0.156. The molecular formula is C19H14N2O5. The molecule has 0 saturated heterocycles. The number of benzene rings is 2. The van der Waals surface area contributed by atoms with Gasteiger partial charge in [0.05, 0.1) is 18.2 Å². The van der Waals surface area contributed by atoms with Crippen molar-refractivity contribution in [3.8, 4) is 28.8 Å². The molecule has 1 aliphatic heterocycles. The molecule has 2 N–H and O–H groups in total. The van der Waals surface area contributed by atoms with E-state index in [1.54, 1.807) is 25.3 Å². The molecule has 1 aromatic heterocycles. The topological polar surface area (TPSA) is 102 Å². The second-order valence-electron chi connectivity index (χ2n) is 5.81. The Morgan fingerprint density at radius 3 is 2.69 bits per heavy atom. The van der Waals surface area contributed by atoms with Crippen LogP contribution in [0.5, 0.6) is 17.4 Å². The highest BCUT2D eigenvalue weighted by Gasteiger charge is 2.25. The third-order valence-corrected chi connectivity index (χ3v) is 4.23. The minimum Gasteiger partial charge on any atom is -0.493 e. The number of methoxy groups -OCH3 is 1. The van der Waals surface area contributed by atoms with Gasteiger partial charge >= 0.3 is 5.97 Å². The number of rotatable bonds is 3. The maximum absolute atomic E-state index is 12.5. The second kappa shape index (κ2) is 6.03. The molecule has 1 aliphatic rings. The summed E-state index contributed by atoms with van der Waals surface area (Å²) in [4.78, 5) is 30.6. The van der Waals surface area contributed by atoms with Crippen molar-refractivity contribution in [1.82, 2.24) is 9.97 Å². The van der Waals surface area contributed by atoms with Gasteiger partial charge in [0.1, 0.15) is 5.82 Å². The quantitative estimate of drug-likeness (QED) is 0.589. The highest BCUT2D eigenvalue weighted by molar-refractivity contribution is 5.88. The van der Waals surface area contributed by atoms with Crippen molar-refractivity contribution in [2.24, 2.45) is 0 Å². The van der Waals surface area contributed by atoms with E-state index in [0.29, 0.717) is 34.9 Å². The van der Waals surface area contributed by atoms with Crippen LogP contribution in [0, 0.1) is 0 Å². The van der Waals surface area contributed by atoms with Gasteiger partial charge in [0.15, 0.2) is 11.5 Å². The van der Waals surface area contributed by atoms with Crippen LogP contribution in [0.2, 0.25) is 0 Å². The van der Waals surface area contributed by atoms with Crippen molar-refractivity contribution in [3.63, 3.8) is 0 Å². The van der Waals surface area contributed by atoms with Crippen LogP contribution in [-0.4, -0.2) is 28.2 Å². The molecule has 130 valence electrons. The zero-order valence-corrected chi connectivity index (χ0v) is 13.8. The average Bonchev–Trinajstić information content (AvgIpc) is 2.66. The first-order chi connectivity index (χ1) is 12.6. The Labute approximate surface area is 147 Å². The SMILES string of the molecule is COc1cccc2c1Oc1nc(-c3ccc(C(=O)O)cc3)[nH]c(=O)c1C2. The molecule has 2 aromatic carbocycles. The molecule has 2 heterocycles. The van der Waals surface area contributed by atoms with Crippen molar-refractivity contribution in [1.29, 1.82) is 0 Å². The second-order valence-corrected chi connectivity index (χ2v) is 5.81. The van der Waals surface area contributed by atoms with E-state index in [0.717, 1.165) is 5.56 Å². The average molecular weight is 350 g/mol. The lowest BCUT2D eigenvalue weighted by Gasteiger charge is -2.20. The normalized spacial score (nSPS) is 11.9. The van der Waals surface area contributed by atoms with Crippen LogP contribution in [0.25, 0.3) is 11.4 Å². The lowest BCUT2D eigenvalue weighted by Crippen LogP contribution is -2.20. The van der Waals surface area contributed by atoms with Gasteiger partial charge in [0.25, 0.3) is 5.56 Å². The van der Waals surface area contributed by atoms with Gasteiger partial charge < -0.3 is 19.6 Å². The van der Waals surface area contributed by atoms with Gasteiger partial charge in [0, 0.05) is 17.5 Å². The van der Waals surface area contributed by atoms with Crippen molar-refractivity contribution >= 4 is 5.97 Å². The van der Waals surface area contributed by atoms with E-state index < -0.39 is 5.97 Å². The standard InChI is InChI=1S/C19H14N2O5/c1-25-14-4-2-3-12-9-13-17(22)20-16(21-18(13)26-15(12)14)10-5-7-11(8-6-10)19(23)24/h2-8H,9H2,1H3,(H,23,24)(H,20,21,22). The summed E-state index contributed by atoms with van der Waals surface area (Å²) >= 11 is 0. The van der Waals surface area contributed by atoms with Gasteiger partial charge in [-0.25, -0.2) is 4.79 Å². The molecule has 0 saturated carbocycles. The van der Waals surface area contributed by atoms with E-state index >= 15 is 0 Å². The molecule has 0 spiro atoms. The fraction of sp³-hybridized carbons (Fsp3) is 0.105. The summed E-state index contributed by atoms with van der Waals surface area (Å²) in [6.07, 6.45) is 0.391. The zero-order valence-electron chi connectivity index (χ0n) is 13.8. The summed E-state index contributed by atoms with van der Waals surface area (Å²) in [6, 6.07) is 11.6. The molecule has 0 aliphatic carbocycles. The summed E-state index contributed by atoms with van der Waals surface area (Å²) in [5.41, 5.74) is 1.74. The van der Waals surface area contributed by atoms with Crippen molar-refractivity contribution in [2.75, 3.05) is 7.11 Å². The van der Waals surface area contributed by atoms with Crippen LogP contribution in [-0.2, 0) is 6.42 Å². The van der Waals surface area contributed by atoms with Gasteiger partial charge in [-0.1, -0.05) is 24.3 Å². The van der Waals surface area contributed by atoms with E-state index in [1.165, 1.54) is 12.1 Å². The van der Waals surface area contributed by atoms with E-state index in [1.807, 2.05) is 12.1 Å². The number of carboxylic acid groups (broad SMARTS) is 1. The zero-order chi connectivity index (χ0) is 18.3. The number of fused-ring (bicyclic) bond motifs is 2. The number of hydrogen-bond donors (Lipinski definition) is 2. The number of aromatic nitrogens is 2. The highest BCUT2D eigenvalue weighted by atomic mass is 16.5. The Kier molecular flexibility index (Phi) is 3.69. The van der Waals surface area contributed by atoms with Crippen LogP contribution in [0.15, 0.2) is 47.3 Å². The Hall–Kier alpha value is -3.61. The highest BCUT2D eigenvalue weighted by Crippen LogP contribution is 2.40. The molecule has 0 unspecified atom stereocenters. The van der Waals surface area contributed by atoms with E-state index in [4.69, 9.17) is 14.6 Å². The van der Waals surface area contributed by atoms with Crippen molar-refractivity contribution in [3.05, 3.63) is 69.5 Å². The van der Waals surface area contributed by atoms with Crippen molar-refractivity contribution < 1.29 is 19.4 Å². The molecule has 4 rings (SSSR count). The number of carbonyl (C=O) groups is 1. The van der Waals surface area contributed by atoms with E-state index in [9.17, 15) is 9.59 Å². The number of nitrogens with zero attached hydrogens (tertiary/aromatic N) is 1. The summed E-state index contributed by atoms with van der Waals surface area (Å²) in [7, 11) is 1.55. The van der Waals surface area contributed by atoms with E-state index in [-0.39, 0.29) is 17.0 Å². The molecule has 0 fully saturated rings. The third kappa shape index (κ3) is 2.59. The largest absolute Gasteiger partial charge is 0.493 e. The van der Waals surface area contributed by atoms with Crippen LogP contribution in [0.1, 0.15) is 21.5 Å². The predicted octanol–water partition coefficient (Wildman–Crippen LogP) is 2.84. The lowest BCUT2D eigenvalue weighted by molar-refractivity contribution is 0.0697. The molecule has 0 bridgehead atoms. The maximum atomic E-state index is 12.5. The number of aromatic carboxylic acids is 1. The Morgan fingerprint density at radius 2 is 2.00 bits per heavy atom. The number of carboxylic acids is 1. The van der Waals surface area contributed by atoms with Gasteiger partial charge in [-0.15, -0.1) is 0 Å². The van der Waals surface area contributed by atoms with Crippen LogP contribution < -0.4 is 15.0 Å². The number of H-pyrrole nitrogens is 1. The summed E-state index contributed by atoms with van der Waals surface area (Å²) in [5.74, 6) is 0.637. The molecule has 26 heavy (non-hydrogen) atoms. The predicted molar refractivity (Wildman–Crippen MR) is 93.1 cm³/mol. The van der Waals surface area contributed by atoms with Gasteiger partial charge in [-0.2, -0.15) is 4.98 Å². The summed E-state index contributed by atoms with van der Waals surface area (Å²) in [6.45, 7) is 0. The number of ether oxygens (including phenoxy) is 2. The fourth-order valence-corrected chi connectivity index (χ4v) is 2.89. The first-order valence-corrected chi connectivity index (χ1v) is 7.87. The van der Waals surface area contributed by atoms with Crippen LogP contribution in [0.4, 0.5) is 0 Å². The van der Waals surface area contributed by atoms with E-state index in [2.05, 4.69) is 9.97 Å². The first-order valence-electron chi connectivity index (χ1n) is 7.87. The minimum atomic E-state index is -1.02. The smallest absolute Gasteiger partial charge is 0.335 e. The maximum Gasteiger partial charge on any atom is 0.335 e. The Bertz CT molecular complexity index is 1070. The Morgan fingerprint density at radius 1 is 1.23 bits per heavy atom. The summed E-state index contributed by atoms with van der Waals surface area (Å²) < 4.78 is 11.2. The van der Waals surface area contributed by atoms with Crippen molar-refractivity contribution in [2.45, 2.75) is 6.42 Å². The number of aromatic amines is 1. The number of nitrogens with one attached hydrogen (secondary N) is 1. The molecular weight excluding hydrogens is 336 g/mol. The third-order valence-electron chi connectivity index (χ3n) is 4.23. The Balaban J connectivity index is 1.77. The monoisotopic (exact) mass is 350 g/mol. The summed E-state index contributed by atoms with van der Waals surface area (Å²) in [5, 5.41) is 8.99. The number of hydrogen-bond acceptors (Lipinski definition) is 5.